The molecule has 0 radical (unpaired) electrons. The van der Waals surface area contributed by atoms with Crippen molar-refractivity contribution in [2.24, 2.45) is 0 Å². The number of aromatic nitrogens is 1. The molecule has 1 aliphatic carbocycles. The van der Waals surface area contributed by atoms with E-state index in [1.54, 1.807) is 6.20 Å². The second-order valence-electron chi connectivity index (χ2n) is 9.68. The average molecular weight is 481 g/mol. The predicted molar refractivity (Wildman–Crippen MR) is 145 cm³/mol. The molecule has 2 atom stereocenters. The van der Waals surface area contributed by atoms with Gasteiger partial charge < -0.3 is 20.1 Å². The maximum absolute atomic E-state index is 10.7. The van der Waals surface area contributed by atoms with Crippen LogP contribution in [-0.2, 0) is 0 Å². The Hall–Kier alpha value is -3.61. The van der Waals surface area contributed by atoms with Gasteiger partial charge in [-0.2, -0.15) is 0 Å². The smallest absolute Gasteiger partial charge is 0.128 e. The quantitative estimate of drug-likeness (QED) is 0.548. The minimum atomic E-state index is -0.551. The lowest BCUT2D eigenvalue weighted by molar-refractivity contribution is 0.0549. The van der Waals surface area contributed by atoms with Gasteiger partial charge in [-0.3, -0.25) is 9.88 Å². The van der Waals surface area contributed by atoms with Crippen molar-refractivity contribution in [3.8, 4) is 5.75 Å². The third-order valence-electron chi connectivity index (χ3n) is 7.25. The number of aliphatic hydroxyl groups is 1. The summed E-state index contributed by atoms with van der Waals surface area (Å²) in [4.78, 5) is 9.21. The molecule has 0 spiro atoms. The number of nitrogens with one attached hydrogen (secondary N) is 1. The maximum Gasteiger partial charge on any atom is 0.128 e. The molecule has 2 aliphatic heterocycles. The van der Waals surface area contributed by atoms with Crippen LogP contribution in [0, 0.1) is 0 Å². The van der Waals surface area contributed by atoms with Crippen molar-refractivity contribution in [1.82, 2.24) is 14.8 Å². The Balaban J connectivity index is 1.08. The zero-order chi connectivity index (χ0) is 24.3. The van der Waals surface area contributed by atoms with E-state index in [-0.39, 0.29) is 6.61 Å². The topological polar surface area (TPSA) is 60.9 Å². The summed E-state index contributed by atoms with van der Waals surface area (Å²) in [6, 6.07) is 18.7. The zero-order valence-electron chi connectivity index (χ0n) is 20.4. The lowest BCUT2D eigenvalue weighted by Gasteiger charge is -2.38. The van der Waals surface area contributed by atoms with Crippen LogP contribution in [0.1, 0.15) is 12.0 Å². The molecule has 1 saturated heterocycles. The fourth-order valence-electron chi connectivity index (χ4n) is 5.36. The fourth-order valence-corrected chi connectivity index (χ4v) is 5.36. The Morgan fingerprint density at radius 1 is 1.03 bits per heavy atom. The summed E-state index contributed by atoms with van der Waals surface area (Å²) < 4.78 is 5.99. The highest BCUT2D eigenvalue weighted by atomic mass is 16.5. The maximum atomic E-state index is 10.7. The van der Waals surface area contributed by atoms with Crippen molar-refractivity contribution in [2.45, 2.75) is 18.6 Å². The van der Waals surface area contributed by atoms with Crippen LogP contribution in [0.2, 0.25) is 0 Å². The first-order valence-corrected chi connectivity index (χ1v) is 12.8. The highest BCUT2D eigenvalue weighted by Gasteiger charge is 2.27. The Labute approximate surface area is 212 Å². The molecule has 6 nitrogen and oxygen atoms in total. The van der Waals surface area contributed by atoms with Crippen LogP contribution in [0.4, 0.5) is 5.69 Å². The van der Waals surface area contributed by atoms with Crippen LogP contribution in [0.25, 0.3) is 16.6 Å². The fraction of sp³-hybridized carbons (Fsp3) is 0.300. The van der Waals surface area contributed by atoms with Gasteiger partial charge in [-0.1, -0.05) is 42.5 Å². The Kier molecular flexibility index (Phi) is 6.45. The molecule has 6 rings (SSSR count). The van der Waals surface area contributed by atoms with Crippen molar-refractivity contribution in [1.29, 1.82) is 0 Å². The number of rotatable bonds is 6. The zero-order valence-corrected chi connectivity index (χ0v) is 20.4. The summed E-state index contributed by atoms with van der Waals surface area (Å²) in [7, 11) is 0. The van der Waals surface area contributed by atoms with Crippen molar-refractivity contribution >= 4 is 22.3 Å². The minimum absolute atomic E-state index is 0.265. The first-order chi connectivity index (χ1) is 17.7. The molecule has 0 bridgehead atoms. The third-order valence-corrected chi connectivity index (χ3v) is 7.25. The Morgan fingerprint density at radius 3 is 2.83 bits per heavy atom. The molecule has 36 heavy (non-hydrogen) atoms. The van der Waals surface area contributed by atoms with E-state index in [0.29, 0.717) is 12.6 Å². The average Bonchev–Trinajstić information content (AvgIpc) is 3.09. The summed E-state index contributed by atoms with van der Waals surface area (Å²) in [5.41, 5.74) is 5.99. The first kappa shape index (κ1) is 22.8. The molecule has 3 heterocycles. The number of hydrogen-bond acceptors (Lipinski definition) is 6. The van der Waals surface area contributed by atoms with Gasteiger partial charge in [-0.25, -0.2) is 0 Å². The highest BCUT2D eigenvalue weighted by molar-refractivity contribution is 5.84. The van der Waals surface area contributed by atoms with Crippen LogP contribution in [-0.4, -0.2) is 71.4 Å². The monoisotopic (exact) mass is 480 g/mol. The molecule has 2 N–H and O–H groups in total. The molecule has 1 aromatic heterocycles. The van der Waals surface area contributed by atoms with Gasteiger partial charge in [0.15, 0.2) is 0 Å². The van der Waals surface area contributed by atoms with Gasteiger partial charge in [0.2, 0.25) is 0 Å². The molecule has 0 amide bonds. The number of hydrogen-bond donors (Lipinski definition) is 2. The van der Waals surface area contributed by atoms with E-state index >= 15 is 0 Å². The number of pyridine rings is 1. The van der Waals surface area contributed by atoms with Crippen molar-refractivity contribution in [3.63, 3.8) is 0 Å². The Bertz CT molecular complexity index is 1320. The normalized spacial score (nSPS) is 20.5. The van der Waals surface area contributed by atoms with Crippen LogP contribution in [0.3, 0.4) is 0 Å². The number of nitrogens with zero attached hydrogens (tertiary/aromatic N) is 3. The number of anilines is 1. The van der Waals surface area contributed by atoms with E-state index in [1.165, 1.54) is 22.5 Å². The molecule has 2 aromatic carbocycles. The summed E-state index contributed by atoms with van der Waals surface area (Å²) in [6.45, 7) is 4.54. The number of β-amino-alcohol motifs (C(OH)–C–C–N with tert-alkyl or cyclic N) is 1. The van der Waals surface area contributed by atoms with E-state index in [4.69, 9.17) is 4.74 Å². The van der Waals surface area contributed by atoms with Crippen LogP contribution < -0.4 is 10.1 Å². The molecule has 3 aromatic rings. The van der Waals surface area contributed by atoms with Gasteiger partial charge in [0, 0.05) is 61.3 Å². The molecular formula is C30H32N4O2. The number of ether oxygens (including phenoxy) is 1. The van der Waals surface area contributed by atoms with E-state index < -0.39 is 6.10 Å². The van der Waals surface area contributed by atoms with Crippen molar-refractivity contribution in [3.05, 3.63) is 96.2 Å². The summed E-state index contributed by atoms with van der Waals surface area (Å²) >= 11 is 0. The van der Waals surface area contributed by atoms with Crippen molar-refractivity contribution in [2.75, 3.05) is 44.6 Å². The number of fused-ring (bicyclic) bond motifs is 3. The van der Waals surface area contributed by atoms with E-state index in [9.17, 15) is 5.11 Å². The molecule has 184 valence electrons. The van der Waals surface area contributed by atoms with Crippen LogP contribution >= 0.6 is 0 Å². The SMILES string of the molecule is OC(COc1cccc2ncccc12)CN1CCN(C2=CC3=CC=CCC3Nc3ccccc32)CC1. The lowest BCUT2D eigenvalue weighted by atomic mass is 9.98. The molecule has 2 unspecified atom stereocenters. The van der Waals surface area contributed by atoms with Gasteiger partial charge in [-0.05, 0) is 48.4 Å². The van der Waals surface area contributed by atoms with Gasteiger partial charge in [0.05, 0.1) is 11.6 Å². The molecule has 1 fully saturated rings. The summed E-state index contributed by atoms with van der Waals surface area (Å²) in [6.07, 6.45) is 11.2. The number of benzene rings is 2. The van der Waals surface area contributed by atoms with Crippen molar-refractivity contribution < 1.29 is 9.84 Å². The number of para-hydroxylation sites is 1. The number of aliphatic hydroxyl groups excluding tert-OH is 1. The van der Waals surface area contributed by atoms with E-state index in [2.05, 4.69) is 68.7 Å². The third kappa shape index (κ3) is 4.74. The first-order valence-electron chi connectivity index (χ1n) is 12.8. The Morgan fingerprint density at radius 2 is 1.92 bits per heavy atom. The number of piperazine rings is 1. The van der Waals surface area contributed by atoms with E-state index in [1.807, 2.05) is 30.3 Å². The standard InChI is InChI=1S/C30H32N4O2/c35-23(21-36-30-13-5-12-27-25(30)9-6-14-31-27)20-33-15-17-34(18-16-33)29-19-22-7-1-3-10-26(22)32-28-11-4-2-8-24(28)29/h1-9,11-14,19,23,26,32,35H,10,15-18,20-21H2. The minimum Gasteiger partial charge on any atom is -0.490 e. The van der Waals surface area contributed by atoms with Crippen LogP contribution in [0.15, 0.2) is 90.7 Å². The van der Waals surface area contributed by atoms with E-state index in [0.717, 1.165) is 49.3 Å². The molecule has 0 saturated carbocycles. The van der Waals surface area contributed by atoms with Crippen LogP contribution in [0.5, 0.6) is 5.75 Å². The van der Waals surface area contributed by atoms with Gasteiger partial charge >= 0.3 is 0 Å². The molecule has 6 heteroatoms. The molecular weight excluding hydrogens is 448 g/mol. The largest absolute Gasteiger partial charge is 0.490 e. The lowest BCUT2D eigenvalue weighted by Crippen LogP contribution is -2.48. The highest BCUT2D eigenvalue weighted by Crippen LogP contribution is 2.35. The predicted octanol–water partition coefficient (Wildman–Crippen LogP) is 4.31. The summed E-state index contributed by atoms with van der Waals surface area (Å²) in [5, 5.41) is 15.4. The van der Waals surface area contributed by atoms with Gasteiger partial charge in [-0.15, -0.1) is 0 Å². The van der Waals surface area contributed by atoms with Gasteiger partial charge in [0.1, 0.15) is 18.5 Å². The molecule has 3 aliphatic rings. The van der Waals surface area contributed by atoms with Gasteiger partial charge in [0.25, 0.3) is 0 Å². The summed E-state index contributed by atoms with van der Waals surface area (Å²) in [5.74, 6) is 0.766. The number of allylic oxidation sites excluding steroid dienone is 2. The second-order valence-corrected chi connectivity index (χ2v) is 9.68. The second kappa shape index (κ2) is 10.2.